The molecule has 0 radical (unpaired) electrons. The van der Waals surface area contributed by atoms with E-state index in [1.807, 2.05) is 6.07 Å². The number of carbonyl (C=O) groups is 1. The molecule has 7 heteroatoms. The van der Waals surface area contributed by atoms with Crippen LogP contribution in [0.4, 0.5) is 5.82 Å². The van der Waals surface area contributed by atoms with E-state index in [0.717, 1.165) is 18.5 Å². The molecule has 5 rings (SSSR count). The van der Waals surface area contributed by atoms with E-state index in [-0.39, 0.29) is 23.5 Å². The van der Waals surface area contributed by atoms with Gasteiger partial charge in [0.2, 0.25) is 5.91 Å². The Morgan fingerprint density at radius 2 is 2.03 bits per heavy atom. The maximum atomic E-state index is 12.6. The van der Waals surface area contributed by atoms with Crippen molar-refractivity contribution in [3.05, 3.63) is 76.1 Å². The third kappa shape index (κ3) is 3.69. The molecule has 4 aromatic rings. The van der Waals surface area contributed by atoms with Crippen LogP contribution in [-0.2, 0) is 11.2 Å². The minimum Gasteiger partial charge on any atom is -0.508 e. The lowest BCUT2D eigenvalue weighted by Crippen LogP contribution is -2.15. The van der Waals surface area contributed by atoms with E-state index in [9.17, 15) is 14.7 Å². The number of aromatic nitrogens is 2. The van der Waals surface area contributed by atoms with Crippen molar-refractivity contribution >= 4 is 22.7 Å². The molecule has 7 nitrogen and oxygen atoms in total. The first-order valence-corrected chi connectivity index (χ1v) is 9.76. The SMILES string of the molecule is O=C(Cc1ccc2oc(-c3cccc(O)c3)cc(=O)c2c1)Nc1cc(C2CC2)[nH]n1. The molecule has 30 heavy (non-hydrogen) atoms. The van der Waals surface area contributed by atoms with E-state index in [1.165, 1.54) is 12.1 Å². The highest BCUT2D eigenvalue weighted by atomic mass is 16.3. The topological polar surface area (TPSA) is 108 Å². The van der Waals surface area contributed by atoms with Crippen molar-refractivity contribution < 1.29 is 14.3 Å². The number of phenols is 1. The van der Waals surface area contributed by atoms with Crippen LogP contribution < -0.4 is 10.7 Å². The molecule has 0 aliphatic heterocycles. The van der Waals surface area contributed by atoms with E-state index in [4.69, 9.17) is 4.42 Å². The number of rotatable bonds is 5. The summed E-state index contributed by atoms with van der Waals surface area (Å²) in [6.07, 6.45) is 2.43. The summed E-state index contributed by atoms with van der Waals surface area (Å²) in [6.45, 7) is 0. The number of fused-ring (bicyclic) bond motifs is 1. The number of nitrogens with one attached hydrogen (secondary N) is 2. The van der Waals surface area contributed by atoms with E-state index in [0.29, 0.717) is 39.6 Å². The van der Waals surface area contributed by atoms with E-state index in [2.05, 4.69) is 15.5 Å². The number of phenolic OH excluding ortho intramolecular Hbond substituents is 1. The van der Waals surface area contributed by atoms with Crippen LogP contribution in [0.5, 0.6) is 5.75 Å². The first-order valence-electron chi connectivity index (χ1n) is 9.76. The molecule has 1 aliphatic carbocycles. The summed E-state index contributed by atoms with van der Waals surface area (Å²) in [5, 5.41) is 19.9. The van der Waals surface area contributed by atoms with Gasteiger partial charge in [-0.2, -0.15) is 5.10 Å². The lowest BCUT2D eigenvalue weighted by molar-refractivity contribution is -0.115. The maximum absolute atomic E-state index is 12.6. The van der Waals surface area contributed by atoms with Gasteiger partial charge < -0.3 is 14.8 Å². The number of nitrogens with zero attached hydrogens (tertiary/aromatic N) is 1. The fraction of sp³-hybridized carbons (Fsp3) is 0.174. The van der Waals surface area contributed by atoms with Crippen molar-refractivity contribution in [2.45, 2.75) is 25.2 Å². The molecular formula is C23H19N3O4. The van der Waals surface area contributed by atoms with Crippen LogP contribution in [0.2, 0.25) is 0 Å². The molecule has 2 aromatic heterocycles. The third-order valence-electron chi connectivity index (χ3n) is 5.17. The Morgan fingerprint density at radius 3 is 2.83 bits per heavy atom. The van der Waals surface area contributed by atoms with E-state index in [1.54, 1.807) is 36.4 Å². The minimum absolute atomic E-state index is 0.0952. The highest BCUT2D eigenvalue weighted by molar-refractivity contribution is 5.92. The molecule has 1 saturated carbocycles. The largest absolute Gasteiger partial charge is 0.508 e. The number of benzene rings is 2. The predicted octanol–water partition coefficient (Wildman–Crippen LogP) is 3.95. The normalized spacial score (nSPS) is 13.5. The second-order valence-corrected chi connectivity index (χ2v) is 7.56. The Kier molecular flexibility index (Phi) is 4.35. The molecule has 0 atom stereocenters. The quantitative estimate of drug-likeness (QED) is 0.469. The van der Waals surface area contributed by atoms with Crippen LogP contribution in [-0.4, -0.2) is 21.2 Å². The van der Waals surface area contributed by atoms with Gasteiger partial charge in [0.25, 0.3) is 0 Å². The Balaban J connectivity index is 1.36. The second kappa shape index (κ2) is 7.18. The molecule has 0 bridgehead atoms. The number of aromatic hydroxyl groups is 1. The highest BCUT2D eigenvalue weighted by Crippen LogP contribution is 2.39. The van der Waals surface area contributed by atoms with Gasteiger partial charge in [0.15, 0.2) is 11.2 Å². The van der Waals surface area contributed by atoms with Gasteiger partial charge in [-0.3, -0.25) is 14.7 Å². The van der Waals surface area contributed by atoms with Crippen molar-refractivity contribution in [2.75, 3.05) is 5.32 Å². The third-order valence-corrected chi connectivity index (χ3v) is 5.17. The number of H-pyrrole nitrogens is 1. The fourth-order valence-corrected chi connectivity index (χ4v) is 3.49. The standard InChI is InChI=1S/C23H19N3O4/c27-16-3-1-2-15(10-16)21-12-19(28)17-8-13(4-7-20(17)30-21)9-23(29)24-22-11-18(25-26-22)14-5-6-14/h1-4,7-8,10-12,14,27H,5-6,9H2,(H2,24,25,26,29). The van der Waals surface area contributed by atoms with Gasteiger partial charge in [0.05, 0.1) is 11.8 Å². The Labute approximate surface area is 171 Å². The molecule has 0 unspecified atom stereocenters. The average Bonchev–Trinajstić information content (AvgIpc) is 3.48. The monoisotopic (exact) mass is 401 g/mol. The van der Waals surface area contributed by atoms with Gasteiger partial charge in [0.1, 0.15) is 17.1 Å². The van der Waals surface area contributed by atoms with E-state index >= 15 is 0 Å². The number of aromatic amines is 1. The molecule has 2 aromatic carbocycles. The number of anilines is 1. The Morgan fingerprint density at radius 1 is 1.17 bits per heavy atom. The summed E-state index contributed by atoms with van der Waals surface area (Å²) in [5.74, 6) is 1.31. The molecule has 2 heterocycles. The Bertz CT molecular complexity index is 1320. The smallest absolute Gasteiger partial charge is 0.229 e. The summed E-state index contributed by atoms with van der Waals surface area (Å²) in [6, 6.07) is 14.9. The summed E-state index contributed by atoms with van der Waals surface area (Å²) in [4.78, 5) is 25.0. The fourth-order valence-electron chi connectivity index (χ4n) is 3.49. The Hall–Kier alpha value is -3.87. The first-order chi connectivity index (χ1) is 14.5. The molecule has 3 N–H and O–H groups in total. The lowest BCUT2D eigenvalue weighted by Gasteiger charge is -2.06. The molecule has 1 aliphatic rings. The molecule has 0 saturated heterocycles. The summed E-state index contributed by atoms with van der Waals surface area (Å²) < 4.78 is 5.84. The zero-order chi connectivity index (χ0) is 20.7. The summed E-state index contributed by atoms with van der Waals surface area (Å²) in [5.41, 5.74) is 2.58. The maximum Gasteiger partial charge on any atom is 0.229 e. The zero-order valence-corrected chi connectivity index (χ0v) is 16.0. The van der Waals surface area contributed by atoms with Crippen LogP contribution in [0, 0.1) is 0 Å². The van der Waals surface area contributed by atoms with Crippen molar-refractivity contribution in [3.8, 4) is 17.1 Å². The highest BCUT2D eigenvalue weighted by Gasteiger charge is 2.25. The zero-order valence-electron chi connectivity index (χ0n) is 16.0. The van der Waals surface area contributed by atoms with Crippen molar-refractivity contribution in [1.82, 2.24) is 10.2 Å². The van der Waals surface area contributed by atoms with Gasteiger partial charge in [0, 0.05) is 29.3 Å². The summed E-state index contributed by atoms with van der Waals surface area (Å²) >= 11 is 0. The van der Waals surface area contributed by atoms with Crippen LogP contribution in [0.15, 0.2) is 63.8 Å². The van der Waals surface area contributed by atoms with Gasteiger partial charge in [-0.25, -0.2) is 0 Å². The predicted molar refractivity (Wildman–Crippen MR) is 112 cm³/mol. The summed E-state index contributed by atoms with van der Waals surface area (Å²) in [7, 11) is 0. The molecule has 150 valence electrons. The second-order valence-electron chi connectivity index (χ2n) is 7.56. The number of carbonyl (C=O) groups excluding carboxylic acids is 1. The number of hydrogen-bond acceptors (Lipinski definition) is 5. The number of amides is 1. The van der Waals surface area contributed by atoms with Crippen LogP contribution in [0.3, 0.4) is 0 Å². The van der Waals surface area contributed by atoms with Gasteiger partial charge >= 0.3 is 0 Å². The molecule has 1 amide bonds. The minimum atomic E-state index is -0.210. The lowest BCUT2D eigenvalue weighted by atomic mass is 10.1. The molecule has 1 fully saturated rings. The number of hydrogen-bond donors (Lipinski definition) is 3. The van der Waals surface area contributed by atoms with Crippen molar-refractivity contribution in [1.29, 1.82) is 0 Å². The van der Waals surface area contributed by atoms with Crippen LogP contribution in [0.25, 0.3) is 22.3 Å². The van der Waals surface area contributed by atoms with E-state index < -0.39 is 0 Å². The van der Waals surface area contributed by atoms with Gasteiger partial charge in [-0.05, 0) is 42.7 Å². The molecular weight excluding hydrogens is 382 g/mol. The van der Waals surface area contributed by atoms with Crippen LogP contribution in [0.1, 0.15) is 30.0 Å². The van der Waals surface area contributed by atoms with Gasteiger partial charge in [-0.1, -0.05) is 18.2 Å². The van der Waals surface area contributed by atoms with Crippen molar-refractivity contribution in [2.24, 2.45) is 0 Å². The van der Waals surface area contributed by atoms with Crippen molar-refractivity contribution in [3.63, 3.8) is 0 Å². The molecule has 0 spiro atoms. The van der Waals surface area contributed by atoms with Gasteiger partial charge in [-0.15, -0.1) is 0 Å². The first kappa shape index (κ1) is 18.2. The van der Waals surface area contributed by atoms with Crippen LogP contribution >= 0.6 is 0 Å². The average molecular weight is 401 g/mol.